The number of carbonyl (C=O) groups excluding carboxylic acids is 1. The highest BCUT2D eigenvalue weighted by Gasteiger charge is 2.65. The monoisotopic (exact) mass is 961 g/mol. The van der Waals surface area contributed by atoms with Gasteiger partial charge in [-0.2, -0.15) is 0 Å². The maximum absolute atomic E-state index is 15.2. The fourth-order valence-corrected chi connectivity index (χ4v) is 11.4. The van der Waals surface area contributed by atoms with Crippen molar-refractivity contribution >= 4 is 22.6 Å². The van der Waals surface area contributed by atoms with Crippen LogP contribution < -0.4 is 9.47 Å². The number of benzene rings is 4. The van der Waals surface area contributed by atoms with Crippen LogP contribution in [-0.2, 0) is 27.5 Å². The maximum atomic E-state index is 15.2. The number of halogens is 1. The van der Waals surface area contributed by atoms with Crippen LogP contribution in [-0.4, -0.2) is 72.3 Å². The fourth-order valence-electron chi connectivity index (χ4n) is 11.4. The van der Waals surface area contributed by atoms with E-state index in [1.807, 2.05) is 41.3 Å². The third kappa shape index (κ3) is 12.8. The topological polar surface area (TPSA) is 119 Å². The van der Waals surface area contributed by atoms with Crippen LogP contribution in [0.1, 0.15) is 139 Å². The van der Waals surface area contributed by atoms with E-state index in [0.29, 0.717) is 35.6 Å². The molecule has 1 aliphatic heterocycles. The number of hydrogen-bond acceptors (Lipinski definition) is 9. The molecule has 70 heavy (non-hydrogen) atoms. The minimum Gasteiger partial charge on any atom is -0.489 e. The Kier molecular flexibility index (Phi) is 20.2. The van der Waals surface area contributed by atoms with E-state index in [1.165, 1.54) is 51.0 Å². The number of rotatable bonds is 29. The van der Waals surface area contributed by atoms with Gasteiger partial charge in [0.25, 0.3) is 0 Å². The first-order chi connectivity index (χ1) is 34.4. The van der Waals surface area contributed by atoms with Gasteiger partial charge in [-0.25, -0.2) is 9.18 Å². The first-order valence-electron chi connectivity index (χ1n) is 26.2. The second-order valence-electron chi connectivity index (χ2n) is 19.4. The molecule has 0 unspecified atom stereocenters. The highest BCUT2D eigenvalue weighted by molar-refractivity contribution is 6.03. The van der Waals surface area contributed by atoms with Gasteiger partial charge in [-0.05, 0) is 90.1 Å². The zero-order valence-electron chi connectivity index (χ0n) is 41.7. The third-order valence-corrected chi connectivity index (χ3v) is 14.8. The van der Waals surface area contributed by atoms with Gasteiger partial charge >= 0.3 is 6.09 Å². The van der Waals surface area contributed by atoms with Crippen molar-refractivity contribution in [2.45, 2.75) is 147 Å². The third-order valence-electron chi connectivity index (χ3n) is 14.8. The summed E-state index contributed by atoms with van der Waals surface area (Å²) in [5.74, 6) is -1.31. The molecule has 6 atom stereocenters. The predicted octanol–water partition coefficient (Wildman–Crippen LogP) is 13.4. The van der Waals surface area contributed by atoms with Gasteiger partial charge in [0.1, 0.15) is 37.1 Å². The Labute approximate surface area is 415 Å². The Bertz CT molecular complexity index is 2350. The first-order valence-corrected chi connectivity index (χ1v) is 26.2. The smallest absolute Gasteiger partial charge is 0.410 e. The quantitative estimate of drug-likeness (QED) is 0.0314. The van der Waals surface area contributed by atoms with Gasteiger partial charge in [0.2, 0.25) is 5.79 Å². The summed E-state index contributed by atoms with van der Waals surface area (Å²) in [5, 5.41) is 26.9. The van der Waals surface area contributed by atoms with Gasteiger partial charge in [0, 0.05) is 36.7 Å². The molecule has 378 valence electrons. The number of aliphatic hydroxyl groups excluding tert-OH is 2. The van der Waals surface area contributed by atoms with E-state index in [-0.39, 0.29) is 69.6 Å². The van der Waals surface area contributed by atoms with Crippen molar-refractivity contribution < 1.29 is 43.2 Å². The van der Waals surface area contributed by atoms with Crippen molar-refractivity contribution in [3.05, 3.63) is 132 Å². The Hall–Kier alpha value is -5.23. The Morgan fingerprint density at radius 1 is 0.857 bits per heavy atom. The molecule has 1 saturated carbocycles. The zero-order chi connectivity index (χ0) is 49.1. The molecule has 0 aromatic heterocycles. The molecule has 0 radical (unpaired) electrons. The Morgan fingerprint density at radius 2 is 1.56 bits per heavy atom. The summed E-state index contributed by atoms with van der Waals surface area (Å²) in [5.41, 5.74) is 3.96. The number of ether oxygens (including phenoxy) is 4. The van der Waals surface area contributed by atoms with E-state index in [0.717, 1.165) is 72.4 Å². The molecule has 1 fully saturated rings. The van der Waals surface area contributed by atoms with Crippen molar-refractivity contribution in [1.29, 1.82) is 0 Å². The lowest BCUT2D eigenvalue weighted by molar-refractivity contribution is -0.256. The van der Waals surface area contributed by atoms with Gasteiger partial charge in [0.15, 0.2) is 0 Å². The van der Waals surface area contributed by atoms with E-state index in [1.54, 1.807) is 31.4 Å². The molecule has 0 bridgehead atoms. The van der Waals surface area contributed by atoms with Crippen LogP contribution in [0.4, 0.5) is 9.18 Å². The van der Waals surface area contributed by atoms with Gasteiger partial charge in [-0.15, -0.1) is 6.58 Å². The number of fused-ring (bicyclic) bond motifs is 3. The lowest BCUT2D eigenvalue weighted by atomic mass is 9.55. The van der Waals surface area contributed by atoms with E-state index in [2.05, 4.69) is 43.8 Å². The molecule has 11 heteroatoms. The van der Waals surface area contributed by atoms with Gasteiger partial charge in [-0.1, -0.05) is 156 Å². The lowest BCUT2D eigenvalue weighted by Crippen LogP contribution is -2.70. The number of unbranched alkanes of at least 4 members (excludes halogenated alkanes) is 11. The van der Waals surface area contributed by atoms with Crippen LogP contribution in [0, 0.1) is 23.6 Å². The number of hydrogen-bond donors (Lipinski definition) is 2. The minimum absolute atomic E-state index is 0.0209. The first kappa shape index (κ1) is 52.6. The summed E-state index contributed by atoms with van der Waals surface area (Å²) in [4.78, 5) is 22.7. The van der Waals surface area contributed by atoms with E-state index >= 15 is 4.79 Å². The SMILES string of the molecule is C=CCO[C@@]12Oc3ccc(OCc4ccccc4F)cc3[C@H]3[C@H](CCCCO)[C@@H](CCCCO)C=C(C(=NOC)C[C@@H]1N(Cc1cccc4ccccc14)C(=O)OCCCCCCCCCCCC)[C@H]32. The Balaban J connectivity index is 1.32. The molecule has 0 spiro atoms. The second-order valence-corrected chi connectivity index (χ2v) is 19.4. The van der Waals surface area contributed by atoms with Crippen molar-refractivity contribution in [2.75, 3.05) is 33.5 Å². The summed E-state index contributed by atoms with van der Waals surface area (Å²) >= 11 is 0. The van der Waals surface area contributed by atoms with E-state index in [9.17, 15) is 14.6 Å². The molecular formula is C59H77FN2O8. The average Bonchev–Trinajstić information content (AvgIpc) is 3.37. The van der Waals surface area contributed by atoms with Crippen LogP contribution in [0.2, 0.25) is 0 Å². The van der Waals surface area contributed by atoms with Crippen molar-refractivity contribution in [2.24, 2.45) is 22.9 Å². The maximum Gasteiger partial charge on any atom is 0.410 e. The number of oxime groups is 1. The number of aliphatic hydroxyl groups is 2. The standard InChI is InChI=1S/C59H77FN2O8/c1-4-6-7-8-9-10-11-12-13-22-37-67-58(65)62(41-45-28-23-27-43-24-14-16-29-48(43)45)55-40-53(61-66-3)50-38-44(25-18-20-34-63)49(30-19-21-35-64)56-51-39-47(68-42-46-26-15-17-31-52(46)60)32-33-54(51)70-59(55,57(50)56)69-36-5-2/h5,14-17,23-24,26-29,31-33,38-39,44,49,55-57,63-64H,2,4,6-13,18-22,25,30,34-37,40-42H2,1,3H3/t44-,49+,55-,56+,57+,59+/m0/s1. The lowest BCUT2D eigenvalue weighted by Gasteiger charge is -2.59. The number of nitrogens with zero attached hydrogens (tertiary/aromatic N) is 2. The normalized spacial score (nSPS) is 21.9. The van der Waals surface area contributed by atoms with Crippen molar-refractivity contribution in [1.82, 2.24) is 4.90 Å². The van der Waals surface area contributed by atoms with Crippen LogP contribution in [0.3, 0.4) is 0 Å². The fraction of sp³-hybridized carbons (Fsp3) is 0.525. The second kappa shape index (κ2) is 26.8. The van der Waals surface area contributed by atoms with Crippen LogP contribution in [0.25, 0.3) is 10.8 Å². The minimum atomic E-state index is -1.47. The molecule has 1 amide bonds. The van der Waals surface area contributed by atoms with Crippen molar-refractivity contribution in [3.63, 3.8) is 0 Å². The van der Waals surface area contributed by atoms with Gasteiger partial charge in [0.05, 0.1) is 31.4 Å². The van der Waals surface area contributed by atoms with E-state index < -0.39 is 23.8 Å². The summed E-state index contributed by atoms with van der Waals surface area (Å²) in [6.45, 7) is 7.18. The summed E-state index contributed by atoms with van der Waals surface area (Å²) in [6, 6.07) is 26.0. The number of allylic oxidation sites excluding steroid dienone is 1. The number of amides is 1. The molecular weight excluding hydrogens is 884 g/mol. The summed E-state index contributed by atoms with van der Waals surface area (Å²) < 4.78 is 42.2. The van der Waals surface area contributed by atoms with Gasteiger partial charge < -0.3 is 34.0 Å². The molecule has 2 aliphatic carbocycles. The molecule has 2 N–H and O–H groups in total. The van der Waals surface area contributed by atoms with Crippen LogP contribution >= 0.6 is 0 Å². The largest absolute Gasteiger partial charge is 0.489 e. The molecule has 1 heterocycles. The van der Waals surface area contributed by atoms with Crippen LogP contribution in [0.15, 0.2) is 114 Å². The molecule has 7 rings (SSSR count). The Morgan fingerprint density at radius 3 is 2.30 bits per heavy atom. The van der Waals surface area contributed by atoms with Crippen LogP contribution in [0.5, 0.6) is 11.5 Å². The van der Waals surface area contributed by atoms with Crippen molar-refractivity contribution in [3.8, 4) is 11.5 Å². The highest BCUT2D eigenvalue weighted by atomic mass is 19.1. The van der Waals surface area contributed by atoms with E-state index in [4.69, 9.17) is 28.9 Å². The number of carbonyl (C=O) groups is 1. The van der Waals surface area contributed by atoms with Gasteiger partial charge in [-0.3, -0.25) is 4.90 Å². The molecule has 0 saturated heterocycles. The molecule has 10 nitrogen and oxygen atoms in total. The molecule has 4 aromatic carbocycles. The molecule has 3 aliphatic rings. The molecule has 4 aromatic rings. The zero-order valence-corrected chi connectivity index (χ0v) is 41.7. The highest BCUT2D eigenvalue weighted by Crippen LogP contribution is 2.62. The average molecular weight is 961 g/mol. The predicted molar refractivity (Wildman–Crippen MR) is 275 cm³/mol. The summed E-state index contributed by atoms with van der Waals surface area (Å²) in [7, 11) is 1.55. The summed E-state index contributed by atoms with van der Waals surface area (Å²) in [6.07, 6.45) is 20.0.